The first-order valence-corrected chi connectivity index (χ1v) is 6.40. The van der Waals surface area contributed by atoms with Gasteiger partial charge in [-0.1, -0.05) is 0 Å². The minimum Gasteiger partial charge on any atom is -0.450 e. The molecule has 3 N–H and O–H groups in total. The third-order valence-corrected chi connectivity index (χ3v) is 3.37. The highest BCUT2D eigenvalue weighted by Gasteiger charge is 2.32. The second kappa shape index (κ2) is 6.28. The van der Waals surface area contributed by atoms with E-state index in [-0.39, 0.29) is 13.0 Å². The Morgan fingerprint density at radius 1 is 1.59 bits per heavy atom. The van der Waals surface area contributed by atoms with Crippen LogP contribution in [0.5, 0.6) is 0 Å². The van der Waals surface area contributed by atoms with E-state index in [0.717, 1.165) is 5.69 Å². The first-order valence-electron chi connectivity index (χ1n) is 6.40. The molecule has 0 aliphatic heterocycles. The molecule has 2 aromatic rings. The molecule has 0 amide bonds. The van der Waals surface area contributed by atoms with E-state index >= 15 is 0 Å². The summed E-state index contributed by atoms with van der Waals surface area (Å²) in [6.45, 7) is -0.365. The number of hydrogen-bond donors (Lipinski definition) is 2. The number of fused-ring (bicyclic) bond motifs is 1. The van der Waals surface area contributed by atoms with E-state index in [1.54, 1.807) is 10.6 Å². The molecule has 1 unspecified atom stereocenters. The number of nitriles is 1. The standard InChI is InChI=1S/C13H15N5O4/c1-21-13(6-14,7-22-12(19)20)5-4-9-2-3-10-11(15)16-8-17-18(9)10/h2-3,8H,4-5,7H2,1H3,(H,19,20)(H2,15,16,17). The highest BCUT2D eigenvalue weighted by Crippen LogP contribution is 2.21. The normalized spacial score (nSPS) is 13.5. The number of methoxy groups -OCH3 is 1. The fourth-order valence-electron chi connectivity index (χ4n) is 2.07. The summed E-state index contributed by atoms with van der Waals surface area (Å²) in [5.41, 5.74) is 5.87. The van der Waals surface area contributed by atoms with E-state index in [4.69, 9.17) is 15.6 Å². The van der Waals surface area contributed by atoms with Crippen molar-refractivity contribution in [3.63, 3.8) is 0 Å². The molecule has 0 saturated carbocycles. The van der Waals surface area contributed by atoms with Crippen molar-refractivity contribution in [2.24, 2.45) is 0 Å². The summed E-state index contributed by atoms with van der Waals surface area (Å²) in [7, 11) is 1.34. The van der Waals surface area contributed by atoms with Crippen LogP contribution < -0.4 is 5.73 Å². The van der Waals surface area contributed by atoms with E-state index < -0.39 is 11.8 Å². The largest absolute Gasteiger partial charge is 0.505 e. The van der Waals surface area contributed by atoms with E-state index in [1.165, 1.54) is 13.4 Å². The van der Waals surface area contributed by atoms with Crippen LogP contribution in [0.15, 0.2) is 18.5 Å². The van der Waals surface area contributed by atoms with E-state index in [9.17, 15) is 10.1 Å². The van der Waals surface area contributed by atoms with Crippen LogP contribution in [0.1, 0.15) is 12.1 Å². The van der Waals surface area contributed by atoms with Crippen LogP contribution in [-0.2, 0) is 15.9 Å². The molecule has 0 spiro atoms. The smallest absolute Gasteiger partial charge is 0.450 e. The van der Waals surface area contributed by atoms with E-state index in [0.29, 0.717) is 17.8 Å². The van der Waals surface area contributed by atoms with Crippen LogP contribution in [0, 0.1) is 11.3 Å². The van der Waals surface area contributed by atoms with E-state index in [1.807, 2.05) is 12.1 Å². The minimum atomic E-state index is -1.45. The Hall–Kier alpha value is -2.86. The number of carbonyl (C=O) groups is 1. The fourth-order valence-corrected chi connectivity index (χ4v) is 2.07. The van der Waals surface area contributed by atoms with Gasteiger partial charge in [-0.05, 0) is 25.0 Å². The average Bonchev–Trinajstić information content (AvgIpc) is 2.93. The molecule has 0 bridgehead atoms. The summed E-state index contributed by atoms with van der Waals surface area (Å²) in [4.78, 5) is 14.4. The van der Waals surface area contributed by atoms with Crippen molar-refractivity contribution in [2.45, 2.75) is 18.4 Å². The quantitative estimate of drug-likeness (QED) is 0.749. The van der Waals surface area contributed by atoms with Gasteiger partial charge in [-0.15, -0.1) is 0 Å². The van der Waals surface area contributed by atoms with Gasteiger partial charge in [0.05, 0.1) is 0 Å². The van der Waals surface area contributed by atoms with Crippen LogP contribution >= 0.6 is 0 Å². The molecular weight excluding hydrogens is 290 g/mol. The van der Waals surface area contributed by atoms with Gasteiger partial charge in [0.2, 0.25) is 0 Å². The monoisotopic (exact) mass is 305 g/mol. The van der Waals surface area contributed by atoms with Gasteiger partial charge in [-0.25, -0.2) is 14.3 Å². The van der Waals surface area contributed by atoms with Crippen LogP contribution in [-0.4, -0.2) is 45.2 Å². The lowest BCUT2D eigenvalue weighted by Crippen LogP contribution is -2.36. The van der Waals surface area contributed by atoms with Gasteiger partial charge in [0.1, 0.15) is 24.5 Å². The predicted molar refractivity (Wildman–Crippen MR) is 75.1 cm³/mol. The molecule has 0 saturated heterocycles. The van der Waals surface area contributed by atoms with E-state index in [2.05, 4.69) is 14.8 Å². The molecule has 22 heavy (non-hydrogen) atoms. The van der Waals surface area contributed by atoms with Crippen molar-refractivity contribution in [1.82, 2.24) is 14.6 Å². The molecule has 9 heteroatoms. The number of hydrogen-bond acceptors (Lipinski definition) is 7. The lowest BCUT2D eigenvalue weighted by molar-refractivity contribution is -0.0311. The van der Waals surface area contributed by atoms with Crippen molar-refractivity contribution in [3.05, 3.63) is 24.2 Å². The summed E-state index contributed by atoms with van der Waals surface area (Å²) >= 11 is 0. The van der Waals surface area contributed by atoms with Gasteiger partial charge in [-0.3, -0.25) is 0 Å². The summed E-state index contributed by atoms with van der Waals surface area (Å²) in [6, 6.07) is 5.56. The highest BCUT2D eigenvalue weighted by atomic mass is 16.7. The number of aryl methyl sites for hydroxylation is 1. The molecule has 0 aliphatic carbocycles. The van der Waals surface area contributed by atoms with Crippen molar-refractivity contribution in [1.29, 1.82) is 5.26 Å². The molecule has 2 rings (SSSR count). The number of ether oxygens (including phenoxy) is 2. The lowest BCUT2D eigenvalue weighted by atomic mass is 9.99. The first kappa shape index (κ1) is 15.5. The summed E-state index contributed by atoms with van der Waals surface area (Å²) in [6.07, 6.45) is 0.552. The highest BCUT2D eigenvalue weighted by molar-refractivity contribution is 5.65. The summed E-state index contributed by atoms with van der Waals surface area (Å²) in [5, 5.41) is 21.9. The van der Waals surface area contributed by atoms with Crippen LogP contribution in [0.4, 0.5) is 10.6 Å². The zero-order valence-electron chi connectivity index (χ0n) is 11.9. The maximum absolute atomic E-state index is 10.5. The second-order valence-corrected chi connectivity index (χ2v) is 4.63. The maximum atomic E-state index is 10.5. The third-order valence-electron chi connectivity index (χ3n) is 3.37. The van der Waals surface area contributed by atoms with Gasteiger partial charge in [-0.2, -0.15) is 10.4 Å². The Morgan fingerprint density at radius 2 is 2.36 bits per heavy atom. The Balaban J connectivity index is 2.16. The number of aromatic nitrogens is 3. The van der Waals surface area contributed by atoms with Gasteiger partial charge < -0.3 is 20.3 Å². The third kappa shape index (κ3) is 3.07. The molecule has 2 aromatic heterocycles. The number of anilines is 1. The lowest BCUT2D eigenvalue weighted by Gasteiger charge is -2.23. The molecule has 0 aliphatic rings. The molecule has 0 fully saturated rings. The van der Waals surface area contributed by atoms with Crippen molar-refractivity contribution < 1.29 is 19.4 Å². The Morgan fingerprint density at radius 3 is 3.00 bits per heavy atom. The molecule has 0 aromatic carbocycles. The second-order valence-electron chi connectivity index (χ2n) is 4.63. The van der Waals surface area contributed by atoms with Gasteiger partial charge in [0.25, 0.3) is 0 Å². The fraction of sp³-hybridized carbons (Fsp3) is 0.385. The number of nitrogens with two attached hydrogens (primary N) is 1. The van der Waals surface area contributed by atoms with Gasteiger partial charge in [0, 0.05) is 12.8 Å². The van der Waals surface area contributed by atoms with Crippen LogP contribution in [0.2, 0.25) is 0 Å². The first-order chi connectivity index (χ1) is 10.5. The number of nitrogen functional groups attached to an aromatic ring is 1. The molecule has 0 radical (unpaired) electrons. The molecular formula is C13H15N5O4. The van der Waals surface area contributed by atoms with Crippen LogP contribution in [0.3, 0.4) is 0 Å². The SMILES string of the molecule is COC(C#N)(CCc1ccc2c(N)ncnn12)COC(=O)O. The zero-order valence-corrected chi connectivity index (χ0v) is 11.9. The number of rotatable bonds is 6. The van der Waals surface area contributed by atoms with Gasteiger partial charge >= 0.3 is 6.16 Å². The topological polar surface area (TPSA) is 136 Å². The van der Waals surface area contributed by atoms with Crippen molar-refractivity contribution in [3.8, 4) is 6.07 Å². The molecule has 2 heterocycles. The Bertz CT molecular complexity index is 723. The molecule has 1 atom stereocenters. The van der Waals surface area contributed by atoms with Crippen LogP contribution in [0.25, 0.3) is 5.52 Å². The summed E-state index contributed by atoms with van der Waals surface area (Å²) in [5.74, 6) is 0.355. The molecule has 116 valence electrons. The number of carboxylic acid groups (broad SMARTS) is 1. The average molecular weight is 305 g/mol. The van der Waals surface area contributed by atoms with Crippen molar-refractivity contribution in [2.75, 3.05) is 19.5 Å². The maximum Gasteiger partial charge on any atom is 0.505 e. The number of nitrogens with zero attached hydrogens (tertiary/aromatic N) is 4. The van der Waals surface area contributed by atoms with Crippen molar-refractivity contribution >= 4 is 17.5 Å². The molecule has 9 nitrogen and oxygen atoms in total. The predicted octanol–water partition coefficient (Wildman–Crippen LogP) is 0.847. The zero-order chi connectivity index (χ0) is 16.2. The summed E-state index contributed by atoms with van der Waals surface area (Å²) < 4.78 is 11.3. The minimum absolute atomic E-state index is 0.239. The Labute approximate surface area is 125 Å². The van der Waals surface area contributed by atoms with Gasteiger partial charge in [0.15, 0.2) is 11.4 Å². The Kier molecular flexibility index (Phi) is 4.43.